The molecule has 1 aliphatic heterocycles. The Morgan fingerprint density at radius 2 is 1.77 bits per heavy atom. The van der Waals surface area contributed by atoms with Crippen LogP contribution in [0.3, 0.4) is 0 Å². The van der Waals surface area contributed by atoms with E-state index in [0.29, 0.717) is 32.0 Å². The average Bonchev–Trinajstić information content (AvgIpc) is 3.46. The summed E-state index contributed by atoms with van der Waals surface area (Å²) < 4.78 is 25.0. The van der Waals surface area contributed by atoms with Crippen LogP contribution in [0.4, 0.5) is 0 Å². The van der Waals surface area contributed by atoms with E-state index in [-0.39, 0.29) is 17.9 Å². The first-order valence-corrected chi connectivity index (χ1v) is 11.6. The van der Waals surface area contributed by atoms with E-state index in [9.17, 15) is 13.2 Å². The van der Waals surface area contributed by atoms with Crippen molar-refractivity contribution in [3.8, 4) is 0 Å². The maximum atomic E-state index is 13.4. The number of benzene rings is 1. The van der Waals surface area contributed by atoms with E-state index < -0.39 is 10.0 Å². The van der Waals surface area contributed by atoms with Gasteiger partial charge >= 0.3 is 0 Å². The highest BCUT2D eigenvalue weighted by molar-refractivity contribution is 7.88. The Morgan fingerprint density at radius 1 is 1.08 bits per heavy atom. The molecule has 4 rings (SSSR count). The van der Waals surface area contributed by atoms with Crippen LogP contribution in [0.1, 0.15) is 55.7 Å². The van der Waals surface area contributed by atoms with E-state index in [1.165, 1.54) is 21.7 Å². The van der Waals surface area contributed by atoms with E-state index in [2.05, 4.69) is 29.2 Å². The molecule has 1 amide bonds. The number of amides is 1. The normalized spacial score (nSPS) is 24.9. The molecule has 142 valence electrons. The number of sulfonamides is 1. The SMILES string of the molecule is CS(=O)(=O)N1CCC(C(=O)N(C2CC2)C2CCCc3ccccc32)CC1. The fraction of sp³-hybridized carbons (Fsp3) is 0.650. The molecule has 1 saturated carbocycles. The molecule has 26 heavy (non-hydrogen) atoms. The van der Waals surface area contributed by atoms with Crippen molar-refractivity contribution in [2.75, 3.05) is 19.3 Å². The zero-order valence-electron chi connectivity index (χ0n) is 15.4. The third kappa shape index (κ3) is 3.54. The van der Waals surface area contributed by atoms with Gasteiger partial charge in [0.1, 0.15) is 0 Å². The summed E-state index contributed by atoms with van der Waals surface area (Å²) in [6, 6.07) is 9.14. The summed E-state index contributed by atoms with van der Waals surface area (Å²) in [5, 5.41) is 0. The topological polar surface area (TPSA) is 57.7 Å². The van der Waals surface area contributed by atoms with Gasteiger partial charge in [-0.2, -0.15) is 0 Å². The Morgan fingerprint density at radius 3 is 2.42 bits per heavy atom. The van der Waals surface area contributed by atoms with E-state index in [4.69, 9.17) is 0 Å². The van der Waals surface area contributed by atoms with E-state index in [0.717, 1.165) is 32.1 Å². The molecule has 0 N–H and O–H groups in total. The first-order chi connectivity index (χ1) is 12.4. The Hall–Kier alpha value is -1.40. The second-order valence-corrected chi connectivity index (χ2v) is 10.0. The highest BCUT2D eigenvalue weighted by Crippen LogP contribution is 2.42. The van der Waals surface area contributed by atoms with Crippen LogP contribution in [0.15, 0.2) is 24.3 Å². The van der Waals surface area contributed by atoms with E-state index >= 15 is 0 Å². The number of carbonyl (C=O) groups excluding carboxylic acids is 1. The molecule has 1 heterocycles. The van der Waals surface area contributed by atoms with Gasteiger partial charge < -0.3 is 4.90 Å². The van der Waals surface area contributed by atoms with Crippen LogP contribution in [0, 0.1) is 5.92 Å². The van der Waals surface area contributed by atoms with Crippen LogP contribution in [-0.2, 0) is 21.2 Å². The molecule has 2 fully saturated rings. The van der Waals surface area contributed by atoms with Crippen molar-refractivity contribution in [2.45, 2.75) is 57.0 Å². The van der Waals surface area contributed by atoms with Crippen molar-refractivity contribution in [1.29, 1.82) is 0 Å². The molecule has 1 saturated heterocycles. The number of hydrogen-bond acceptors (Lipinski definition) is 3. The maximum Gasteiger partial charge on any atom is 0.226 e. The zero-order valence-corrected chi connectivity index (χ0v) is 16.2. The molecule has 0 spiro atoms. The van der Waals surface area contributed by atoms with E-state index in [1.54, 1.807) is 0 Å². The molecule has 1 unspecified atom stereocenters. The fourth-order valence-corrected chi connectivity index (χ4v) is 5.48. The van der Waals surface area contributed by atoms with E-state index in [1.807, 2.05) is 0 Å². The monoisotopic (exact) mass is 376 g/mol. The molecule has 2 aliphatic carbocycles. The smallest absolute Gasteiger partial charge is 0.226 e. The summed E-state index contributed by atoms with van der Waals surface area (Å²) in [6.07, 6.45) is 8.02. The Labute approximate surface area is 156 Å². The third-order valence-corrected chi connectivity index (χ3v) is 7.44. The molecular formula is C20H28N2O3S. The average molecular weight is 377 g/mol. The molecule has 1 atom stereocenters. The minimum Gasteiger partial charge on any atom is -0.332 e. The number of aryl methyl sites for hydroxylation is 1. The molecule has 5 nitrogen and oxygen atoms in total. The van der Waals surface area contributed by atoms with Gasteiger partial charge in [0.05, 0.1) is 12.3 Å². The van der Waals surface area contributed by atoms with Crippen molar-refractivity contribution in [3.63, 3.8) is 0 Å². The zero-order chi connectivity index (χ0) is 18.3. The predicted molar refractivity (Wildman–Crippen MR) is 101 cm³/mol. The van der Waals surface area contributed by atoms with Gasteiger partial charge in [0.15, 0.2) is 0 Å². The molecule has 0 radical (unpaired) electrons. The highest BCUT2D eigenvalue weighted by Gasteiger charge is 2.42. The standard InChI is InChI=1S/C20H28N2O3S/c1-26(24,25)21-13-11-16(12-14-21)20(23)22(17-9-10-17)19-8-4-6-15-5-2-3-7-18(15)19/h2-3,5,7,16-17,19H,4,6,8-14H2,1H3. The van der Waals surface area contributed by atoms with Gasteiger partial charge in [0.25, 0.3) is 0 Å². The number of hydrogen-bond donors (Lipinski definition) is 0. The summed E-state index contributed by atoms with van der Waals surface area (Å²) >= 11 is 0. The summed E-state index contributed by atoms with van der Waals surface area (Å²) in [6.45, 7) is 0.935. The molecule has 0 bridgehead atoms. The molecular weight excluding hydrogens is 348 g/mol. The van der Waals surface area contributed by atoms with Gasteiger partial charge in [0.2, 0.25) is 15.9 Å². The first kappa shape index (κ1) is 18.0. The molecule has 1 aromatic carbocycles. The molecule has 1 aromatic rings. The largest absolute Gasteiger partial charge is 0.332 e. The van der Waals surface area contributed by atoms with Crippen molar-refractivity contribution in [2.24, 2.45) is 5.92 Å². The van der Waals surface area contributed by atoms with Gasteiger partial charge in [-0.05, 0) is 56.1 Å². The van der Waals surface area contributed by atoms with Crippen molar-refractivity contribution in [1.82, 2.24) is 9.21 Å². The number of fused-ring (bicyclic) bond motifs is 1. The lowest BCUT2D eigenvalue weighted by atomic mass is 9.85. The van der Waals surface area contributed by atoms with Crippen LogP contribution in [0.5, 0.6) is 0 Å². The summed E-state index contributed by atoms with van der Waals surface area (Å²) in [5.41, 5.74) is 2.71. The Balaban J connectivity index is 1.52. The lowest BCUT2D eigenvalue weighted by Gasteiger charge is -2.39. The Bertz CT molecular complexity index is 780. The van der Waals surface area contributed by atoms with Gasteiger partial charge in [0, 0.05) is 25.0 Å². The van der Waals surface area contributed by atoms with Crippen LogP contribution in [0.25, 0.3) is 0 Å². The van der Waals surface area contributed by atoms with Gasteiger partial charge in [-0.25, -0.2) is 12.7 Å². The minimum absolute atomic E-state index is 0.0392. The minimum atomic E-state index is -3.15. The highest BCUT2D eigenvalue weighted by atomic mass is 32.2. The van der Waals surface area contributed by atoms with Crippen molar-refractivity contribution >= 4 is 15.9 Å². The lowest BCUT2D eigenvalue weighted by Crippen LogP contribution is -2.46. The number of carbonyl (C=O) groups is 1. The van der Waals surface area contributed by atoms with Crippen LogP contribution >= 0.6 is 0 Å². The summed E-state index contributed by atoms with van der Waals surface area (Å²) in [5.74, 6) is 0.213. The maximum absolute atomic E-state index is 13.4. The predicted octanol–water partition coefficient (Wildman–Crippen LogP) is 2.73. The second-order valence-electron chi connectivity index (χ2n) is 8.02. The van der Waals surface area contributed by atoms with Gasteiger partial charge in [-0.3, -0.25) is 4.79 Å². The van der Waals surface area contributed by atoms with Crippen molar-refractivity contribution in [3.05, 3.63) is 35.4 Å². The van der Waals surface area contributed by atoms with Crippen LogP contribution in [-0.4, -0.2) is 48.9 Å². The summed E-state index contributed by atoms with van der Waals surface area (Å²) in [4.78, 5) is 15.6. The van der Waals surface area contributed by atoms with Crippen LogP contribution < -0.4 is 0 Å². The third-order valence-electron chi connectivity index (χ3n) is 6.14. The van der Waals surface area contributed by atoms with Crippen molar-refractivity contribution < 1.29 is 13.2 Å². The van der Waals surface area contributed by atoms with Gasteiger partial charge in [-0.1, -0.05) is 24.3 Å². The van der Waals surface area contributed by atoms with Gasteiger partial charge in [-0.15, -0.1) is 0 Å². The summed E-state index contributed by atoms with van der Waals surface area (Å²) in [7, 11) is -3.15. The number of piperidine rings is 1. The first-order valence-electron chi connectivity index (χ1n) is 9.80. The molecule has 0 aromatic heterocycles. The van der Waals surface area contributed by atoms with Crippen LogP contribution in [0.2, 0.25) is 0 Å². The fourth-order valence-electron chi connectivity index (χ4n) is 4.60. The second kappa shape index (κ2) is 6.97. The Kier molecular flexibility index (Phi) is 4.82. The molecule has 3 aliphatic rings. The molecule has 6 heteroatoms. The number of nitrogens with zero attached hydrogens (tertiary/aromatic N) is 2. The lowest BCUT2D eigenvalue weighted by molar-refractivity contribution is -0.140. The number of rotatable bonds is 4. The quantitative estimate of drug-likeness (QED) is 0.812.